The number of hydrogen-bond acceptors (Lipinski definition) is 4. The molecule has 1 aromatic carbocycles. The monoisotopic (exact) mass is 339 g/mol. The van der Waals surface area contributed by atoms with Crippen LogP contribution in [0.15, 0.2) is 29.2 Å². The zero-order chi connectivity index (χ0) is 17.3. The number of carbonyl (C=O) groups excluding carboxylic acids is 1. The summed E-state index contributed by atoms with van der Waals surface area (Å²) < 4.78 is 24.7. The van der Waals surface area contributed by atoms with Gasteiger partial charge in [0.15, 0.2) is 14.6 Å². The number of carboxylic acids is 1. The van der Waals surface area contributed by atoms with Gasteiger partial charge in [0.2, 0.25) is 5.91 Å². The van der Waals surface area contributed by atoms with E-state index in [1.54, 1.807) is 12.1 Å². The summed E-state index contributed by atoms with van der Waals surface area (Å²) in [4.78, 5) is 24.7. The number of likely N-dealkylation sites (N-methyl/N-ethyl adjacent to an activating group) is 1. The number of aryl methyl sites for hydroxylation is 1. The standard InChI is InChI=1S/C16H21NO5S/c1-12-5-7-13(8-6-12)23(21,22)16(9-3-4-10-16)15(20)17(2)11-14(18)19/h5-8H,3-4,9-11H2,1-2H3,(H,18,19). The molecule has 7 heteroatoms. The molecule has 1 fully saturated rings. The van der Waals surface area contributed by atoms with E-state index in [-0.39, 0.29) is 17.7 Å². The van der Waals surface area contributed by atoms with Gasteiger partial charge >= 0.3 is 5.97 Å². The first-order valence-electron chi connectivity index (χ1n) is 7.49. The van der Waals surface area contributed by atoms with Crippen LogP contribution < -0.4 is 0 Å². The van der Waals surface area contributed by atoms with Gasteiger partial charge in [0, 0.05) is 7.05 Å². The number of aliphatic carboxylic acids is 1. The number of nitrogens with zero attached hydrogens (tertiary/aromatic N) is 1. The number of sulfone groups is 1. The Balaban J connectivity index is 2.46. The fourth-order valence-electron chi connectivity index (χ4n) is 3.11. The molecule has 1 aromatic rings. The Bertz CT molecular complexity index is 702. The largest absolute Gasteiger partial charge is 0.480 e. The van der Waals surface area contributed by atoms with Gasteiger partial charge in [-0.05, 0) is 31.9 Å². The van der Waals surface area contributed by atoms with E-state index >= 15 is 0 Å². The highest BCUT2D eigenvalue weighted by atomic mass is 32.2. The highest BCUT2D eigenvalue weighted by Gasteiger charge is 2.54. The van der Waals surface area contributed by atoms with E-state index in [2.05, 4.69) is 0 Å². The maximum absolute atomic E-state index is 13.1. The molecule has 1 amide bonds. The third-order valence-corrected chi connectivity index (χ3v) is 6.87. The fourth-order valence-corrected chi connectivity index (χ4v) is 5.27. The van der Waals surface area contributed by atoms with Crippen LogP contribution in [0.2, 0.25) is 0 Å². The van der Waals surface area contributed by atoms with Gasteiger partial charge in [-0.15, -0.1) is 0 Å². The number of carboxylic acid groups (broad SMARTS) is 1. The second-order valence-corrected chi connectivity index (χ2v) is 8.33. The van der Waals surface area contributed by atoms with Gasteiger partial charge in [0.25, 0.3) is 0 Å². The fraction of sp³-hybridized carbons (Fsp3) is 0.500. The van der Waals surface area contributed by atoms with Crippen molar-refractivity contribution in [2.75, 3.05) is 13.6 Å². The number of rotatable bonds is 5. The maximum atomic E-state index is 13.1. The second-order valence-electron chi connectivity index (χ2n) is 6.07. The number of hydrogen-bond donors (Lipinski definition) is 1. The molecule has 1 saturated carbocycles. The van der Waals surface area contributed by atoms with Gasteiger partial charge in [-0.25, -0.2) is 8.42 Å². The topological polar surface area (TPSA) is 91.8 Å². The van der Waals surface area contributed by atoms with E-state index in [1.165, 1.54) is 19.2 Å². The molecule has 1 aliphatic rings. The lowest BCUT2D eigenvalue weighted by molar-refractivity contribution is -0.144. The average molecular weight is 339 g/mol. The summed E-state index contributed by atoms with van der Waals surface area (Å²) in [5, 5.41) is 8.87. The van der Waals surface area contributed by atoms with Gasteiger partial charge in [-0.2, -0.15) is 0 Å². The quantitative estimate of drug-likeness (QED) is 0.880. The predicted molar refractivity (Wildman–Crippen MR) is 84.8 cm³/mol. The van der Waals surface area contributed by atoms with Crippen LogP contribution in [0.4, 0.5) is 0 Å². The lowest BCUT2D eigenvalue weighted by Gasteiger charge is -2.31. The summed E-state index contributed by atoms with van der Waals surface area (Å²) in [6.07, 6.45) is 1.73. The van der Waals surface area contributed by atoms with E-state index in [4.69, 9.17) is 5.11 Å². The lowest BCUT2D eigenvalue weighted by atomic mass is 10.1. The van der Waals surface area contributed by atoms with Gasteiger partial charge < -0.3 is 10.0 Å². The van der Waals surface area contributed by atoms with Crippen molar-refractivity contribution in [3.63, 3.8) is 0 Å². The first-order valence-corrected chi connectivity index (χ1v) is 8.98. The molecule has 0 aromatic heterocycles. The van der Waals surface area contributed by atoms with Crippen molar-refractivity contribution < 1.29 is 23.1 Å². The van der Waals surface area contributed by atoms with Crippen LogP contribution >= 0.6 is 0 Å². The maximum Gasteiger partial charge on any atom is 0.323 e. The molecule has 126 valence electrons. The molecule has 0 atom stereocenters. The molecule has 1 N–H and O–H groups in total. The zero-order valence-electron chi connectivity index (χ0n) is 13.3. The number of amides is 1. The predicted octanol–water partition coefficient (Wildman–Crippen LogP) is 1.62. The lowest BCUT2D eigenvalue weighted by Crippen LogP contribution is -2.52. The highest BCUT2D eigenvalue weighted by Crippen LogP contribution is 2.41. The van der Waals surface area contributed by atoms with Crippen molar-refractivity contribution in [2.24, 2.45) is 0 Å². The minimum atomic E-state index is -3.88. The Morgan fingerprint density at radius 2 is 1.70 bits per heavy atom. The van der Waals surface area contributed by atoms with Gasteiger partial charge in [0.05, 0.1) is 4.90 Å². The molecule has 0 aliphatic heterocycles. The summed E-state index contributed by atoms with van der Waals surface area (Å²) >= 11 is 0. The number of carbonyl (C=O) groups is 2. The molecular formula is C16H21NO5S. The zero-order valence-corrected chi connectivity index (χ0v) is 14.1. The van der Waals surface area contributed by atoms with Crippen molar-refractivity contribution in [3.05, 3.63) is 29.8 Å². The molecule has 0 heterocycles. The highest BCUT2D eigenvalue weighted by molar-refractivity contribution is 7.93. The molecule has 0 spiro atoms. The Labute approximate surface area is 136 Å². The third kappa shape index (κ3) is 3.10. The number of benzene rings is 1. The SMILES string of the molecule is Cc1ccc(S(=O)(=O)C2(C(=O)N(C)CC(=O)O)CCCC2)cc1. The molecule has 0 saturated heterocycles. The molecule has 23 heavy (non-hydrogen) atoms. The van der Waals surface area contributed by atoms with Crippen LogP contribution in [0.1, 0.15) is 31.2 Å². The normalized spacial score (nSPS) is 17.0. The third-order valence-electron chi connectivity index (χ3n) is 4.37. The van der Waals surface area contributed by atoms with Crippen LogP contribution in [-0.4, -0.2) is 48.6 Å². The van der Waals surface area contributed by atoms with Crippen molar-refractivity contribution in [3.8, 4) is 0 Å². The molecule has 0 radical (unpaired) electrons. The van der Waals surface area contributed by atoms with Crippen molar-refractivity contribution in [2.45, 2.75) is 42.2 Å². The van der Waals surface area contributed by atoms with Crippen LogP contribution in [0.5, 0.6) is 0 Å². The molecule has 6 nitrogen and oxygen atoms in total. The summed E-state index contributed by atoms with van der Waals surface area (Å²) in [6, 6.07) is 6.41. The van der Waals surface area contributed by atoms with Crippen LogP contribution in [0.25, 0.3) is 0 Å². The van der Waals surface area contributed by atoms with E-state index in [1.807, 2.05) is 6.92 Å². The van der Waals surface area contributed by atoms with Crippen LogP contribution in [-0.2, 0) is 19.4 Å². The molecule has 1 aliphatic carbocycles. The summed E-state index contributed by atoms with van der Waals surface area (Å²) in [6.45, 7) is 1.34. The van der Waals surface area contributed by atoms with E-state index in [0.29, 0.717) is 12.8 Å². The Hall–Kier alpha value is -1.89. The Morgan fingerprint density at radius 3 is 2.17 bits per heavy atom. The van der Waals surface area contributed by atoms with Crippen molar-refractivity contribution in [1.29, 1.82) is 0 Å². The van der Waals surface area contributed by atoms with E-state index in [9.17, 15) is 18.0 Å². The Kier molecular flexibility index (Phi) is 4.79. The summed E-state index contributed by atoms with van der Waals surface area (Å²) in [7, 11) is -2.55. The van der Waals surface area contributed by atoms with Gasteiger partial charge in [0.1, 0.15) is 6.54 Å². The molecule has 0 unspecified atom stereocenters. The second kappa shape index (κ2) is 6.31. The molecular weight excluding hydrogens is 318 g/mol. The van der Waals surface area contributed by atoms with Gasteiger partial charge in [-0.1, -0.05) is 30.5 Å². The first-order chi connectivity index (χ1) is 10.7. The molecule has 0 bridgehead atoms. The smallest absolute Gasteiger partial charge is 0.323 e. The van der Waals surface area contributed by atoms with Crippen LogP contribution in [0, 0.1) is 6.92 Å². The Morgan fingerprint density at radius 1 is 1.17 bits per heavy atom. The van der Waals surface area contributed by atoms with E-state index < -0.39 is 33.0 Å². The average Bonchev–Trinajstić information content (AvgIpc) is 2.97. The van der Waals surface area contributed by atoms with E-state index in [0.717, 1.165) is 10.5 Å². The summed E-state index contributed by atoms with van der Waals surface area (Å²) in [5.41, 5.74) is 0.929. The minimum Gasteiger partial charge on any atom is -0.480 e. The minimum absolute atomic E-state index is 0.113. The van der Waals surface area contributed by atoms with Crippen molar-refractivity contribution in [1.82, 2.24) is 4.90 Å². The van der Waals surface area contributed by atoms with Gasteiger partial charge in [-0.3, -0.25) is 9.59 Å². The first kappa shape index (κ1) is 17.5. The molecule has 2 rings (SSSR count). The van der Waals surface area contributed by atoms with Crippen molar-refractivity contribution >= 4 is 21.7 Å². The van der Waals surface area contributed by atoms with Crippen LogP contribution in [0.3, 0.4) is 0 Å². The summed E-state index contributed by atoms with van der Waals surface area (Å²) in [5.74, 6) is -1.79.